The molecule has 0 saturated heterocycles. The van der Waals surface area contributed by atoms with Crippen molar-refractivity contribution in [2.24, 2.45) is 0 Å². The van der Waals surface area contributed by atoms with Crippen LogP contribution in [0.4, 0.5) is 0 Å². The van der Waals surface area contributed by atoms with E-state index < -0.39 is 0 Å². The lowest BCUT2D eigenvalue weighted by Gasteiger charge is -2.16. The van der Waals surface area contributed by atoms with Gasteiger partial charge in [-0.15, -0.1) is 0 Å². The topological polar surface area (TPSA) is 37.6 Å². The highest BCUT2D eigenvalue weighted by Crippen LogP contribution is 1.97. The zero-order valence-electron chi connectivity index (χ0n) is 10.2. The van der Waals surface area contributed by atoms with E-state index >= 15 is 0 Å². The number of hydrogen-bond acceptors (Lipinski definition) is 4. The van der Waals surface area contributed by atoms with Crippen LogP contribution in [0.3, 0.4) is 0 Å². The van der Waals surface area contributed by atoms with E-state index in [9.17, 15) is 0 Å². The lowest BCUT2D eigenvalue weighted by atomic mass is 10.3. The Morgan fingerprint density at radius 1 is 1.44 bits per heavy atom. The maximum atomic E-state index is 5.29. The third-order valence-corrected chi connectivity index (χ3v) is 2.40. The van der Waals surface area contributed by atoms with E-state index in [0.29, 0.717) is 0 Å². The van der Waals surface area contributed by atoms with Gasteiger partial charge in [0.25, 0.3) is 0 Å². The van der Waals surface area contributed by atoms with Crippen molar-refractivity contribution in [2.45, 2.75) is 13.5 Å². The third-order valence-electron chi connectivity index (χ3n) is 2.40. The predicted octanol–water partition coefficient (Wildman–Crippen LogP) is 1.34. The molecule has 0 aromatic carbocycles. The smallest absolute Gasteiger partial charge is 0.0947 e. The van der Waals surface area contributed by atoms with Crippen LogP contribution in [0, 0.1) is 0 Å². The summed E-state index contributed by atoms with van der Waals surface area (Å²) in [5.74, 6) is 0. The largest absolute Gasteiger partial charge is 0.472 e. The number of nitrogens with zero attached hydrogens (tertiary/aromatic N) is 1. The van der Waals surface area contributed by atoms with Gasteiger partial charge in [0.1, 0.15) is 0 Å². The fraction of sp³-hybridized carbons (Fsp3) is 0.667. The standard InChI is InChI=1S/C12H22N2O2/c1-3-15-9-7-14(2)6-5-13-10-12-4-8-16-11-12/h4,8,11,13H,3,5-7,9-10H2,1-2H3. The quantitative estimate of drug-likeness (QED) is 0.645. The zero-order chi connectivity index (χ0) is 11.6. The summed E-state index contributed by atoms with van der Waals surface area (Å²) in [4.78, 5) is 2.26. The first-order valence-corrected chi connectivity index (χ1v) is 5.81. The predicted molar refractivity (Wildman–Crippen MR) is 64.4 cm³/mol. The normalized spacial score (nSPS) is 11.2. The number of ether oxygens (including phenoxy) is 1. The minimum absolute atomic E-state index is 0.798. The number of hydrogen-bond donors (Lipinski definition) is 1. The van der Waals surface area contributed by atoms with E-state index in [2.05, 4.69) is 17.3 Å². The second-order valence-corrected chi connectivity index (χ2v) is 3.81. The Labute approximate surface area is 97.6 Å². The number of rotatable bonds is 9. The summed E-state index contributed by atoms with van der Waals surface area (Å²) in [5, 5.41) is 3.37. The average Bonchev–Trinajstić information content (AvgIpc) is 2.78. The monoisotopic (exact) mass is 226 g/mol. The molecular formula is C12H22N2O2. The van der Waals surface area contributed by atoms with Gasteiger partial charge in [0.2, 0.25) is 0 Å². The van der Waals surface area contributed by atoms with Crippen LogP contribution in [-0.4, -0.2) is 44.8 Å². The van der Waals surface area contributed by atoms with E-state index in [4.69, 9.17) is 9.15 Å². The molecule has 92 valence electrons. The van der Waals surface area contributed by atoms with Gasteiger partial charge in [0.15, 0.2) is 0 Å². The molecule has 1 N–H and O–H groups in total. The minimum atomic E-state index is 0.798. The first-order chi connectivity index (χ1) is 7.83. The molecule has 0 aliphatic heterocycles. The van der Waals surface area contributed by atoms with Crippen molar-refractivity contribution in [2.75, 3.05) is 39.9 Å². The van der Waals surface area contributed by atoms with Gasteiger partial charge in [-0.05, 0) is 20.0 Å². The molecule has 0 bridgehead atoms. The molecule has 0 spiro atoms. The molecular weight excluding hydrogens is 204 g/mol. The first-order valence-electron chi connectivity index (χ1n) is 5.81. The lowest BCUT2D eigenvalue weighted by molar-refractivity contribution is 0.122. The molecule has 0 radical (unpaired) electrons. The molecule has 0 amide bonds. The van der Waals surface area contributed by atoms with Crippen molar-refractivity contribution in [3.05, 3.63) is 24.2 Å². The van der Waals surface area contributed by atoms with Gasteiger partial charge in [-0.3, -0.25) is 0 Å². The summed E-state index contributed by atoms with van der Waals surface area (Å²) in [6, 6.07) is 1.98. The van der Waals surface area contributed by atoms with Crippen LogP contribution in [0.15, 0.2) is 23.0 Å². The van der Waals surface area contributed by atoms with Crippen molar-refractivity contribution >= 4 is 0 Å². The van der Waals surface area contributed by atoms with Crippen molar-refractivity contribution in [3.63, 3.8) is 0 Å². The Balaban J connectivity index is 1.94. The zero-order valence-corrected chi connectivity index (χ0v) is 10.2. The number of nitrogens with one attached hydrogen (secondary N) is 1. The van der Waals surface area contributed by atoms with Crippen LogP contribution in [0.1, 0.15) is 12.5 Å². The molecule has 0 aliphatic rings. The van der Waals surface area contributed by atoms with Gasteiger partial charge in [-0.1, -0.05) is 0 Å². The molecule has 0 atom stereocenters. The molecule has 4 nitrogen and oxygen atoms in total. The van der Waals surface area contributed by atoms with Crippen LogP contribution in [0.25, 0.3) is 0 Å². The molecule has 4 heteroatoms. The molecule has 0 saturated carbocycles. The van der Waals surface area contributed by atoms with Crippen molar-refractivity contribution in [3.8, 4) is 0 Å². The van der Waals surface area contributed by atoms with E-state index in [1.54, 1.807) is 12.5 Å². The van der Waals surface area contributed by atoms with Crippen LogP contribution >= 0.6 is 0 Å². The Morgan fingerprint density at radius 2 is 2.31 bits per heavy atom. The number of furan rings is 1. The summed E-state index contributed by atoms with van der Waals surface area (Å²) < 4.78 is 10.3. The fourth-order valence-corrected chi connectivity index (χ4v) is 1.37. The molecule has 1 aromatic rings. The molecule has 0 fully saturated rings. The summed E-state index contributed by atoms with van der Waals surface area (Å²) in [6.07, 6.45) is 3.47. The van der Waals surface area contributed by atoms with Gasteiger partial charge in [0, 0.05) is 38.3 Å². The van der Waals surface area contributed by atoms with Gasteiger partial charge < -0.3 is 19.4 Å². The summed E-state index contributed by atoms with van der Waals surface area (Å²) >= 11 is 0. The third kappa shape index (κ3) is 5.90. The van der Waals surface area contributed by atoms with E-state index in [1.165, 1.54) is 5.56 Å². The Morgan fingerprint density at radius 3 is 3.00 bits per heavy atom. The highest BCUT2D eigenvalue weighted by atomic mass is 16.5. The van der Waals surface area contributed by atoms with Crippen molar-refractivity contribution in [1.29, 1.82) is 0 Å². The summed E-state index contributed by atoms with van der Waals surface area (Å²) in [5.41, 5.74) is 1.19. The molecule has 1 rings (SSSR count). The number of likely N-dealkylation sites (N-methyl/N-ethyl adjacent to an activating group) is 1. The second kappa shape index (κ2) is 8.33. The van der Waals surface area contributed by atoms with Gasteiger partial charge in [-0.2, -0.15) is 0 Å². The highest BCUT2D eigenvalue weighted by Gasteiger charge is 1.98. The molecule has 0 aliphatic carbocycles. The summed E-state index contributed by atoms with van der Waals surface area (Å²) in [6.45, 7) is 7.50. The molecule has 0 unspecified atom stereocenters. The summed E-state index contributed by atoms with van der Waals surface area (Å²) in [7, 11) is 2.11. The van der Waals surface area contributed by atoms with Gasteiger partial charge in [-0.25, -0.2) is 0 Å². The van der Waals surface area contributed by atoms with Crippen LogP contribution in [-0.2, 0) is 11.3 Å². The Kier molecular flexibility index (Phi) is 6.88. The van der Waals surface area contributed by atoms with Gasteiger partial charge in [0.05, 0.1) is 19.1 Å². The Bertz CT molecular complexity index is 250. The van der Waals surface area contributed by atoms with E-state index in [-0.39, 0.29) is 0 Å². The van der Waals surface area contributed by atoms with Crippen LogP contribution < -0.4 is 5.32 Å². The average molecular weight is 226 g/mol. The van der Waals surface area contributed by atoms with E-state index in [1.807, 2.05) is 13.0 Å². The SMILES string of the molecule is CCOCCN(C)CCNCc1ccoc1. The van der Waals surface area contributed by atoms with Gasteiger partial charge >= 0.3 is 0 Å². The maximum Gasteiger partial charge on any atom is 0.0947 e. The molecule has 16 heavy (non-hydrogen) atoms. The Hall–Kier alpha value is -0.840. The van der Waals surface area contributed by atoms with E-state index in [0.717, 1.165) is 39.4 Å². The van der Waals surface area contributed by atoms with Crippen molar-refractivity contribution in [1.82, 2.24) is 10.2 Å². The lowest BCUT2D eigenvalue weighted by Crippen LogP contribution is -2.31. The maximum absolute atomic E-state index is 5.29. The second-order valence-electron chi connectivity index (χ2n) is 3.81. The molecule has 1 heterocycles. The minimum Gasteiger partial charge on any atom is -0.472 e. The molecule has 1 aromatic heterocycles. The first kappa shape index (κ1) is 13.2. The van der Waals surface area contributed by atoms with Crippen molar-refractivity contribution < 1.29 is 9.15 Å². The fourth-order valence-electron chi connectivity index (χ4n) is 1.37. The highest BCUT2D eigenvalue weighted by molar-refractivity contribution is 5.04. The van der Waals surface area contributed by atoms with Crippen LogP contribution in [0.2, 0.25) is 0 Å². The van der Waals surface area contributed by atoms with Crippen LogP contribution in [0.5, 0.6) is 0 Å².